The van der Waals surface area contributed by atoms with Crippen molar-refractivity contribution in [1.29, 1.82) is 0 Å². The molecule has 0 aliphatic heterocycles. The van der Waals surface area contributed by atoms with Gasteiger partial charge < -0.3 is 27.5 Å². The molecule has 0 saturated carbocycles. The van der Waals surface area contributed by atoms with Gasteiger partial charge in [-0.3, -0.25) is 0 Å². The Kier molecular flexibility index (Phi) is 13.5. The first-order valence-electron chi connectivity index (χ1n) is 35.3. The molecule has 0 spiro atoms. The number of para-hydroxylation sites is 8. The molecular weight excluding hydrogens is 1270 g/mol. The van der Waals surface area contributed by atoms with Gasteiger partial charge in [0, 0.05) is 71.5 Å². The lowest BCUT2D eigenvalue weighted by Gasteiger charge is -2.28. The maximum Gasteiger partial charge on any atom is 0.143 e. The molecule has 6 nitrogen and oxygen atoms in total. The third-order valence-electron chi connectivity index (χ3n) is 21.1. The van der Waals surface area contributed by atoms with Gasteiger partial charge in [0.15, 0.2) is 0 Å². The van der Waals surface area contributed by atoms with Gasteiger partial charge in [-0.2, -0.15) is 0 Å². The van der Waals surface area contributed by atoms with Crippen LogP contribution in [0.15, 0.2) is 382 Å². The second-order valence-electron chi connectivity index (χ2n) is 27.0. The SMILES string of the molecule is c1ccc(N(c2ccc(-c3ccc(-c4ccc5ccc(-c6cccc7c6oc6c(-c8ccccc8N(c8ccc(-c9ccc%10ccccc%10c9)cc8)c8cccc9oc%10ccccc%10c89)cccc67)cc5c4)cc3)cc2)c2cccc3oc4ccccc4c23)c(-c2cccc3c2oc2ccccc23)c1. The number of anilines is 6. The van der Waals surface area contributed by atoms with Crippen LogP contribution in [0.25, 0.3) is 176 Å². The van der Waals surface area contributed by atoms with Crippen LogP contribution in [-0.2, 0) is 0 Å². The molecule has 6 heteroatoms. The Morgan fingerprint density at radius 3 is 1.05 bits per heavy atom. The minimum atomic E-state index is 0.830. The second-order valence-corrected chi connectivity index (χ2v) is 27.0. The smallest absolute Gasteiger partial charge is 0.143 e. The van der Waals surface area contributed by atoms with Crippen LogP contribution in [0.5, 0.6) is 0 Å². The fourth-order valence-electron chi connectivity index (χ4n) is 16.1. The van der Waals surface area contributed by atoms with Crippen LogP contribution in [0.1, 0.15) is 0 Å². The number of hydrogen-bond donors (Lipinski definition) is 0. The first kappa shape index (κ1) is 59.0. The topological polar surface area (TPSA) is 59.0 Å². The fraction of sp³-hybridized carbons (Fsp3) is 0. The van der Waals surface area contributed by atoms with E-state index in [1.165, 1.54) is 16.3 Å². The highest BCUT2D eigenvalue weighted by atomic mass is 16.3. The Morgan fingerprint density at radius 1 is 0.173 bits per heavy atom. The number of hydrogen-bond acceptors (Lipinski definition) is 6. The third kappa shape index (κ3) is 9.65. The normalized spacial score (nSPS) is 11.8. The molecule has 21 rings (SSSR count). The highest BCUT2D eigenvalue weighted by Crippen LogP contribution is 2.51. The van der Waals surface area contributed by atoms with Crippen LogP contribution in [0, 0.1) is 0 Å². The summed E-state index contributed by atoms with van der Waals surface area (Å²) >= 11 is 0. The summed E-state index contributed by atoms with van der Waals surface area (Å²) < 4.78 is 27.1. The van der Waals surface area contributed by atoms with Gasteiger partial charge in [0.1, 0.15) is 44.7 Å². The van der Waals surface area contributed by atoms with Crippen molar-refractivity contribution in [3.05, 3.63) is 364 Å². The Labute approximate surface area is 598 Å². The van der Waals surface area contributed by atoms with Crippen molar-refractivity contribution in [3.8, 4) is 66.8 Å². The van der Waals surface area contributed by atoms with Crippen molar-refractivity contribution in [1.82, 2.24) is 0 Å². The predicted molar refractivity (Wildman–Crippen MR) is 433 cm³/mol. The van der Waals surface area contributed by atoms with Crippen molar-refractivity contribution in [2.24, 2.45) is 0 Å². The number of nitrogens with zero attached hydrogens (tertiary/aromatic N) is 2. The van der Waals surface area contributed by atoms with E-state index in [-0.39, 0.29) is 0 Å². The summed E-state index contributed by atoms with van der Waals surface area (Å²) in [7, 11) is 0. The molecule has 104 heavy (non-hydrogen) atoms. The van der Waals surface area contributed by atoms with Crippen molar-refractivity contribution >= 4 is 143 Å². The summed E-state index contributed by atoms with van der Waals surface area (Å²) in [5.74, 6) is 0. The molecule has 0 unspecified atom stereocenters. The van der Waals surface area contributed by atoms with Gasteiger partial charge in [-0.05, 0) is 158 Å². The van der Waals surface area contributed by atoms with E-state index >= 15 is 0 Å². The molecule has 0 bridgehead atoms. The third-order valence-corrected chi connectivity index (χ3v) is 21.1. The van der Waals surface area contributed by atoms with Gasteiger partial charge >= 0.3 is 0 Å². The van der Waals surface area contributed by atoms with Crippen molar-refractivity contribution < 1.29 is 17.7 Å². The standard InChI is InChI=1S/C98H60N2O4/c1-2-19-67-58-68(47-44-61(67)18-1)65-52-56-73(57-53-65)100(88-34-17-39-93-95(88)84-24-7-12-37-91(84)102-93)86-32-9-4-21-76(86)79-27-15-30-82-81-29-13-25-74(96(81)104-98(79)82)70-49-46-66-45-48-69(59-71(66)60-70)64-42-40-62(41-43-64)63-50-54-72(55-51-63)99(87-33-16-38-92-94(87)83-23-6-11-36-90(83)101-92)85-31-8-3-20-75(85)78-26-14-28-80-77-22-5-10-35-89(77)103-97(78)80/h1-60H. The molecule has 0 atom stereocenters. The van der Waals surface area contributed by atoms with E-state index in [4.69, 9.17) is 17.7 Å². The zero-order chi connectivity index (χ0) is 68.3. The lowest BCUT2D eigenvalue weighted by molar-refractivity contribution is 0.668. The predicted octanol–water partition coefficient (Wildman–Crippen LogP) is 28.5. The van der Waals surface area contributed by atoms with Gasteiger partial charge in [-0.15, -0.1) is 0 Å². The quantitative estimate of drug-likeness (QED) is 0.121. The molecule has 21 aromatic rings. The number of rotatable bonds is 12. The van der Waals surface area contributed by atoms with Crippen molar-refractivity contribution in [2.45, 2.75) is 0 Å². The van der Waals surface area contributed by atoms with Crippen molar-refractivity contribution in [2.75, 3.05) is 9.80 Å². The molecule has 4 aromatic heterocycles. The monoisotopic (exact) mass is 1330 g/mol. The minimum absolute atomic E-state index is 0.830. The molecule has 0 aliphatic carbocycles. The summed E-state index contributed by atoms with van der Waals surface area (Å²) in [6, 6.07) is 130. The molecular formula is C98H60N2O4. The van der Waals surface area contributed by atoms with Crippen molar-refractivity contribution in [3.63, 3.8) is 0 Å². The molecule has 4 heterocycles. The Balaban J connectivity index is 0.615. The van der Waals surface area contributed by atoms with Crippen LogP contribution in [0.3, 0.4) is 0 Å². The van der Waals surface area contributed by atoms with E-state index in [2.05, 4.69) is 343 Å². The lowest BCUT2D eigenvalue weighted by atomic mass is 9.95. The van der Waals surface area contributed by atoms with E-state index < -0.39 is 0 Å². The van der Waals surface area contributed by atoms with Crippen LogP contribution in [0.4, 0.5) is 34.1 Å². The highest BCUT2D eigenvalue weighted by molar-refractivity contribution is 6.18. The summed E-state index contributed by atoms with van der Waals surface area (Å²) in [6.45, 7) is 0. The number of benzene rings is 17. The molecule has 17 aromatic carbocycles. The fourth-order valence-corrected chi connectivity index (χ4v) is 16.1. The van der Waals surface area contributed by atoms with Crippen LogP contribution in [-0.4, -0.2) is 0 Å². The van der Waals surface area contributed by atoms with Gasteiger partial charge in [-0.25, -0.2) is 0 Å². The van der Waals surface area contributed by atoms with Gasteiger partial charge in [0.05, 0.1) is 33.5 Å². The van der Waals surface area contributed by atoms with Crippen LogP contribution >= 0.6 is 0 Å². The van der Waals surface area contributed by atoms with E-state index in [0.29, 0.717) is 0 Å². The zero-order valence-corrected chi connectivity index (χ0v) is 56.2. The first-order valence-corrected chi connectivity index (χ1v) is 35.3. The average molecular weight is 1330 g/mol. The first-order chi connectivity index (χ1) is 51.5. The largest absolute Gasteiger partial charge is 0.456 e. The highest BCUT2D eigenvalue weighted by Gasteiger charge is 2.27. The lowest BCUT2D eigenvalue weighted by Crippen LogP contribution is -2.11. The average Bonchev–Trinajstić information content (AvgIpc) is 1.45. The molecule has 0 fully saturated rings. The summed E-state index contributed by atoms with van der Waals surface area (Å²) in [4.78, 5) is 4.77. The van der Waals surface area contributed by atoms with E-state index in [1.54, 1.807) is 0 Å². The number of furan rings is 4. The van der Waals surface area contributed by atoms with Gasteiger partial charge in [-0.1, -0.05) is 267 Å². The summed E-state index contributed by atoms with van der Waals surface area (Å²) in [6.07, 6.45) is 0. The molecule has 0 N–H and O–H groups in total. The minimum Gasteiger partial charge on any atom is -0.456 e. The van der Waals surface area contributed by atoms with E-state index in [1.807, 2.05) is 30.3 Å². The van der Waals surface area contributed by atoms with Gasteiger partial charge in [0.2, 0.25) is 0 Å². The Bertz CT molecular complexity index is 6990. The maximum absolute atomic E-state index is 7.32. The van der Waals surface area contributed by atoms with Crippen LogP contribution in [0.2, 0.25) is 0 Å². The molecule has 0 radical (unpaired) electrons. The van der Waals surface area contributed by atoms with Crippen LogP contribution < -0.4 is 9.80 Å². The van der Waals surface area contributed by atoms with E-state index in [0.717, 1.165) is 194 Å². The van der Waals surface area contributed by atoms with Gasteiger partial charge in [0.25, 0.3) is 0 Å². The summed E-state index contributed by atoms with van der Waals surface area (Å²) in [5.41, 5.74) is 25.9. The summed E-state index contributed by atoms with van der Waals surface area (Å²) in [5, 5.41) is 13.3. The Morgan fingerprint density at radius 2 is 0.500 bits per heavy atom. The number of fused-ring (bicyclic) bond motifs is 14. The molecule has 0 saturated heterocycles. The zero-order valence-electron chi connectivity index (χ0n) is 56.2. The molecule has 486 valence electrons. The Hall–Kier alpha value is -13.9. The van der Waals surface area contributed by atoms with E-state index in [9.17, 15) is 0 Å². The molecule has 0 aliphatic rings. The maximum atomic E-state index is 7.32. The molecule has 0 amide bonds. The second kappa shape index (κ2) is 23.9.